The van der Waals surface area contributed by atoms with Crippen LogP contribution in [0.4, 0.5) is 5.95 Å². The largest absolute Gasteiger partial charge is 0.476 e. The molecule has 0 aromatic carbocycles. The molecule has 0 radical (unpaired) electrons. The molecule has 0 spiro atoms. The van der Waals surface area contributed by atoms with Gasteiger partial charge in [0.1, 0.15) is 0 Å². The maximum atomic E-state index is 5.81. The molecule has 3 rings (SSSR count). The van der Waals surface area contributed by atoms with Crippen LogP contribution in [0.3, 0.4) is 0 Å². The van der Waals surface area contributed by atoms with Crippen LogP contribution in [0.5, 0.6) is 5.88 Å². The van der Waals surface area contributed by atoms with Crippen molar-refractivity contribution in [3.63, 3.8) is 0 Å². The summed E-state index contributed by atoms with van der Waals surface area (Å²) >= 11 is 5.81. The topological polar surface area (TPSA) is 64.0 Å². The van der Waals surface area contributed by atoms with Crippen molar-refractivity contribution in [3.05, 3.63) is 35.5 Å². The third-order valence-corrected chi connectivity index (χ3v) is 3.99. The number of hydrogen-bond donors (Lipinski definition) is 0. The fraction of sp³-hybridized carbons (Fsp3) is 0.467. The molecule has 0 bridgehead atoms. The molecular weight excluding hydrogens is 302 g/mol. The summed E-state index contributed by atoms with van der Waals surface area (Å²) in [5.74, 6) is 1.89. The van der Waals surface area contributed by atoms with Crippen molar-refractivity contribution in [1.82, 2.24) is 19.9 Å². The number of piperidine rings is 1. The van der Waals surface area contributed by atoms with Crippen LogP contribution in [0.25, 0.3) is 0 Å². The van der Waals surface area contributed by atoms with Crippen LogP contribution in [0, 0.1) is 12.8 Å². The van der Waals surface area contributed by atoms with Crippen molar-refractivity contribution in [3.8, 4) is 5.88 Å². The number of aromatic nitrogens is 4. The van der Waals surface area contributed by atoms with Gasteiger partial charge in [-0.3, -0.25) is 4.98 Å². The van der Waals surface area contributed by atoms with Gasteiger partial charge in [0.2, 0.25) is 11.8 Å². The Balaban J connectivity index is 1.49. The predicted molar refractivity (Wildman–Crippen MR) is 84.2 cm³/mol. The van der Waals surface area contributed by atoms with Crippen molar-refractivity contribution < 1.29 is 4.74 Å². The molecule has 22 heavy (non-hydrogen) atoms. The van der Waals surface area contributed by atoms with Crippen LogP contribution in [0.15, 0.2) is 24.8 Å². The summed E-state index contributed by atoms with van der Waals surface area (Å²) in [5, 5.41) is 0.561. The van der Waals surface area contributed by atoms with E-state index in [9.17, 15) is 0 Å². The van der Waals surface area contributed by atoms with Crippen LogP contribution in [-0.4, -0.2) is 39.6 Å². The van der Waals surface area contributed by atoms with Gasteiger partial charge in [0, 0.05) is 25.5 Å². The lowest BCUT2D eigenvalue weighted by Gasteiger charge is -2.31. The number of hydrogen-bond acceptors (Lipinski definition) is 6. The first-order valence-electron chi connectivity index (χ1n) is 7.35. The first-order valence-corrected chi connectivity index (χ1v) is 7.73. The molecule has 116 valence electrons. The maximum Gasteiger partial charge on any atom is 0.235 e. The normalized spacial score (nSPS) is 15.8. The third-order valence-electron chi connectivity index (χ3n) is 3.80. The van der Waals surface area contributed by atoms with Gasteiger partial charge >= 0.3 is 0 Å². The third kappa shape index (κ3) is 3.62. The molecule has 1 saturated heterocycles. The van der Waals surface area contributed by atoms with Gasteiger partial charge in [0.05, 0.1) is 29.7 Å². The van der Waals surface area contributed by atoms with Crippen molar-refractivity contribution in [2.24, 2.45) is 5.92 Å². The van der Waals surface area contributed by atoms with Crippen molar-refractivity contribution in [2.45, 2.75) is 19.8 Å². The molecular formula is C15H18ClN5O. The van der Waals surface area contributed by atoms with E-state index in [4.69, 9.17) is 16.3 Å². The number of nitrogens with zero attached hydrogens (tertiary/aromatic N) is 5. The average Bonchev–Trinajstić information content (AvgIpc) is 2.55. The summed E-state index contributed by atoms with van der Waals surface area (Å²) < 4.78 is 5.79. The van der Waals surface area contributed by atoms with E-state index in [0.717, 1.165) is 37.6 Å². The van der Waals surface area contributed by atoms with E-state index in [0.29, 0.717) is 23.4 Å². The Labute approximate surface area is 134 Å². The van der Waals surface area contributed by atoms with Gasteiger partial charge in [-0.05, 0) is 25.7 Å². The number of aryl methyl sites for hydroxylation is 1. The van der Waals surface area contributed by atoms with Crippen LogP contribution in [-0.2, 0) is 0 Å². The monoisotopic (exact) mass is 319 g/mol. The number of anilines is 1. The molecule has 7 heteroatoms. The van der Waals surface area contributed by atoms with E-state index in [-0.39, 0.29) is 0 Å². The summed E-state index contributed by atoms with van der Waals surface area (Å²) in [6, 6.07) is 0. The average molecular weight is 320 g/mol. The Morgan fingerprint density at radius 2 is 1.82 bits per heavy atom. The molecule has 2 aromatic heterocycles. The van der Waals surface area contributed by atoms with Crippen LogP contribution in [0.1, 0.15) is 18.5 Å². The minimum Gasteiger partial charge on any atom is -0.476 e. The van der Waals surface area contributed by atoms with Gasteiger partial charge in [-0.25, -0.2) is 15.0 Å². The smallest absolute Gasteiger partial charge is 0.235 e. The standard InChI is InChI=1S/C15H18ClN5O/c1-11-14(18-5-4-17-11)22-10-12-2-6-21(7-3-12)15-19-8-13(16)9-20-15/h4-5,8-9,12H,2-3,6-7,10H2,1H3. The minimum absolute atomic E-state index is 0.518. The van der Waals surface area contributed by atoms with E-state index >= 15 is 0 Å². The van der Waals surface area contributed by atoms with Gasteiger partial charge in [0.15, 0.2) is 0 Å². The highest BCUT2D eigenvalue weighted by Gasteiger charge is 2.21. The highest BCUT2D eigenvalue weighted by Crippen LogP contribution is 2.22. The fourth-order valence-electron chi connectivity index (χ4n) is 2.50. The van der Waals surface area contributed by atoms with Crippen molar-refractivity contribution >= 4 is 17.5 Å². The number of ether oxygens (including phenoxy) is 1. The first kappa shape index (κ1) is 15.0. The second-order valence-electron chi connectivity index (χ2n) is 5.39. The Bertz CT molecular complexity index is 614. The second kappa shape index (κ2) is 6.87. The van der Waals surface area contributed by atoms with E-state index in [1.165, 1.54) is 0 Å². The van der Waals surface area contributed by atoms with E-state index in [1.807, 2.05) is 6.92 Å². The second-order valence-corrected chi connectivity index (χ2v) is 5.83. The lowest BCUT2D eigenvalue weighted by atomic mass is 9.98. The Kier molecular flexibility index (Phi) is 4.68. The van der Waals surface area contributed by atoms with Gasteiger partial charge < -0.3 is 9.64 Å². The van der Waals surface area contributed by atoms with Gasteiger partial charge in [-0.2, -0.15) is 0 Å². The fourth-order valence-corrected chi connectivity index (χ4v) is 2.60. The SMILES string of the molecule is Cc1nccnc1OCC1CCN(c2ncc(Cl)cn2)CC1. The number of rotatable bonds is 4. The van der Waals surface area contributed by atoms with Crippen molar-refractivity contribution in [2.75, 3.05) is 24.6 Å². The molecule has 0 amide bonds. The molecule has 2 aromatic rings. The van der Waals surface area contributed by atoms with Crippen LogP contribution >= 0.6 is 11.6 Å². The zero-order valence-electron chi connectivity index (χ0n) is 12.4. The Hall–Kier alpha value is -1.95. The first-order chi connectivity index (χ1) is 10.7. The van der Waals surface area contributed by atoms with Crippen molar-refractivity contribution in [1.29, 1.82) is 0 Å². The molecule has 0 saturated carbocycles. The molecule has 0 unspecified atom stereocenters. The van der Waals surface area contributed by atoms with Gasteiger partial charge in [0.25, 0.3) is 0 Å². The van der Waals surface area contributed by atoms with E-state index < -0.39 is 0 Å². The number of halogens is 1. The quantitative estimate of drug-likeness (QED) is 0.863. The Morgan fingerprint density at radius 1 is 1.14 bits per heavy atom. The molecule has 1 fully saturated rings. The highest BCUT2D eigenvalue weighted by molar-refractivity contribution is 6.30. The Morgan fingerprint density at radius 3 is 2.50 bits per heavy atom. The zero-order chi connectivity index (χ0) is 15.4. The molecule has 0 atom stereocenters. The summed E-state index contributed by atoms with van der Waals surface area (Å²) in [4.78, 5) is 19.1. The summed E-state index contributed by atoms with van der Waals surface area (Å²) in [5.41, 5.74) is 0.828. The zero-order valence-corrected chi connectivity index (χ0v) is 13.2. The molecule has 3 heterocycles. The lowest BCUT2D eigenvalue weighted by Crippen LogP contribution is -2.36. The molecule has 1 aliphatic rings. The van der Waals surface area contributed by atoms with Gasteiger partial charge in [-0.1, -0.05) is 11.6 Å². The highest BCUT2D eigenvalue weighted by atomic mass is 35.5. The predicted octanol–water partition coefficient (Wildman–Crippen LogP) is 2.52. The summed E-state index contributed by atoms with van der Waals surface area (Å²) in [6.07, 6.45) is 8.69. The molecule has 6 nitrogen and oxygen atoms in total. The summed E-state index contributed by atoms with van der Waals surface area (Å²) in [7, 11) is 0. The van der Waals surface area contributed by atoms with Crippen LogP contribution < -0.4 is 9.64 Å². The molecule has 0 N–H and O–H groups in total. The molecule has 0 aliphatic carbocycles. The van der Waals surface area contributed by atoms with Crippen LogP contribution in [0.2, 0.25) is 5.02 Å². The minimum atomic E-state index is 0.518. The van der Waals surface area contributed by atoms with Gasteiger partial charge in [-0.15, -0.1) is 0 Å². The van der Waals surface area contributed by atoms with E-state index in [2.05, 4.69) is 24.8 Å². The maximum absolute atomic E-state index is 5.81. The summed E-state index contributed by atoms with van der Waals surface area (Å²) in [6.45, 7) is 4.43. The van der Waals surface area contributed by atoms with E-state index in [1.54, 1.807) is 24.8 Å². The lowest BCUT2D eigenvalue weighted by molar-refractivity contribution is 0.213. The molecule has 1 aliphatic heterocycles.